The number of rotatable bonds is 1. The first-order chi connectivity index (χ1) is 9.48. The molecule has 20 heavy (non-hydrogen) atoms. The molecule has 2 amide bonds. The fraction of sp³-hybridized carbons (Fsp3) is 0.533. The number of amides is 2. The Morgan fingerprint density at radius 3 is 2.90 bits per heavy atom. The van der Waals surface area contributed by atoms with Gasteiger partial charge in [0.2, 0.25) is 0 Å². The number of nitrogens with one attached hydrogen (secondary N) is 1. The van der Waals surface area contributed by atoms with Crippen LogP contribution in [0.2, 0.25) is 0 Å². The first kappa shape index (κ1) is 12.5. The predicted molar refractivity (Wildman–Crippen MR) is 78.7 cm³/mol. The van der Waals surface area contributed by atoms with Gasteiger partial charge in [0.05, 0.1) is 6.04 Å². The van der Waals surface area contributed by atoms with E-state index < -0.39 is 5.72 Å². The molecular weight excluding hydrogens is 320 g/mol. The van der Waals surface area contributed by atoms with Crippen molar-refractivity contribution in [3.05, 3.63) is 27.7 Å². The Labute approximate surface area is 126 Å². The molecule has 0 spiro atoms. The van der Waals surface area contributed by atoms with Crippen LogP contribution in [0.1, 0.15) is 43.4 Å². The molecule has 1 saturated carbocycles. The van der Waals surface area contributed by atoms with Gasteiger partial charge in [0, 0.05) is 22.5 Å². The van der Waals surface area contributed by atoms with Gasteiger partial charge in [0.15, 0.2) is 5.72 Å². The summed E-state index contributed by atoms with van der Waals surface area (Å²) < 4.78 is 7.33. The molecule has 1 aromatic carbocycles. The summed E-state index contributed by atoms with van der Waals surface area (Å²) in [4.78, 5) is 14.3. The maximum atomic E-state index is 12.4. The fourth-order valence-electron chi connectivity index (χ4n) is 3.50. The molecule has 2 bridgehead atoms. The van der Waals surface area contributed by atoms with E-state index in [9.17, 15) is 4.79 Å². The summed E-state index contributed by atoms with van der Waals surface area (Å²) in [6.45, 7) is 4.10. The van der Waals surface area contributed by atoms with Gasteiger partial charge in [-0.3, -0.25) is 4.90 Å². The molecule has 1 aromatic rings. The summed E-state index contributed by atoms with van der Waals surface area (Å²) in [5.74, 6) is 0.928. The van der Waals surface area contributed by atoms with E-state index in [0.717, 1.165) is 40.6 Å². The van der Waals surface area contributed by atoms with Crippen LogP contribution in [-0.4, -0.2) is 22.7 Å². The third-order valence-corrected chi connectivity index (χ3v) is 4.94. The molecule has 5 heteroatoms. The van der Waals surface area contributed by atoms with Crippen LogP contribution in [0.25, 0.3) is 0 Å². The van der Waals surface area contributed by atoms with Crippen molar-refractivity contribution < 1.29 is 9.53 Å². The Morgan fingerprint density at radius 1 is 1.45 bits per heavy atom. The van der Waals surface area contributed by atoms with Gasteiger partial charge in [0.1, 0.15) is 5.75 Å². The standard InChI is InChI=1S/C15H17BrN2O2/c1-8-5-9(16)6-11-12-7-15(2,20-13(8)11)18(10-3-4-10)14(19)17-12/h5-6,10,12H,3-4,7H2,1-2H3,(H,17,19). The first-order valence-corrected chi connectivity index (χ1v) is 7.86. The van der Waals surface area contributed by atoms with Gasteiger partial charge in [-0.05, 0) is 44.4 Å². The van der Waals surface area contributed by atoms with E-state index in [-0.39, 0.29) is 12.1 Å². The lowest BCUT2D eigenvalue weighted by molar-refractivity contribution is -0.0882. The highest BCUT2D eigenvalue weighted by molar-refractivity contribution is 9.10. The predicted octanol–water partition coefficient (Wildman–Crippen LogP) is 3.48. The normalized spacial score (nSPS) is 31.4. The Balaban J connectivity index is 1.83. The molecule has 4 nitrogen and oxygen atoms in total. The fourth-order valence-corrected chi connectivity index (χ4v) is 4.09. The van der Waals surface area contributed by atoms with E-state index in [0.29, 0.717) is 6.04 Å². The molecule has 2 fully saturated rings. The zero-order valence-corrected chi connectivity index (χ0v) is 13.2. The van der Waals surface area contributed by atoms with Crippen molar-refractivity contribution in [2.24, 2.45) is 0 Å². The molecular formula is C15H17BrN2O2. The van der Waals surface area contributed by atoms with Gasteiger partial charge in [-0.2, -0.15) is 0 Å². The minimum atomic E-state index is -0.514. The molecule has 3 aliphatic rings. The summed E-state index contributed by atoms with van der Waals surface area (Å²) in [6, 6.07) is 4.52. The second kappa shape index (κ2) is 3.91. The molecule has 2 aliphatic heterocycles. The average molecular weight is 337 g/mol. The number of aryl methyl sites for hydroxylation is 1. The lowest BCUT2D eigenvalue weighted by Gasteiger charge is -2.51. The Bertz CT molecular complexity index is 614. The van der Waals surface area contributed by atoms with E-state index in [1.807, 2.05) is 11.8 Å². The van der Waals surface area contributed by atoms with Crippen molar-refractivity contribution in [2.75, 3.05) is 0 Å². The highest BCUT2D eigenvalue weighted by Crippen LogP contribution is 2.49. The maximum Gasteiger partial charge on any atom is 0.321 e. The molecule has 2 unspecified atom stereocenters. The van der Waals surface area contributed by atoms with Crippen molar-refractivity contribution in [1.29, 1.82) is 0 Å². The molecule has 2 atom stereocenters. The molecule has 4 rings (SSSR count). The van der Waals surface area contributed by atoms with Crippen molar-refractivity contribution in [3.8, 4) is 5.75 Å². The van der Waals surface area contributed by atoms with Gasteiger partial charge in [-0.15, -0.1) is 0 Å². The number of urea groups is 1. The van der Waals surface area contributed by atoms with Crippen LogP contribution in [0.5, 0.6) is 5.75 Å². The van der Waals surface area contributed by atoms with Gasteiger partial charge >= 0.3 is 6.03 Å². The largest absolute Gasteiger partial charge is 0.467 e. The quantitative estimate of drug-likeness (QED) is 0.852. The lowest BCUT2D eigenvalue weighted by atomic mass is 9.89. The van der Waals surface area contributed by atoms with Crippen molar-refractivity contribution >= 4 is 22.0 Å². The van der Waals surface area contributed by atoms with E-state index in [1.54, 1.807) is 0 Å². The molecule has 1 N–H and O–H groups in total. The maximum absolute atomic E-state index is 12.4. The third-order valence-electron chi connectivity index (χ3n) is 4.49. The molecule has 0 radical (unpaired) electrons. The van der Waals surface area contributed by atoms with E-state index in [1.165, 1.54) is 0 Å². The number of fused-ring (bicyclic) bond motifs is 4. The van der Waals surface area contributed by atoms with Crippen LogP contribution in [-0.2, 0) is 0 Å². The first-order valence-electron chi connectivity index (χ1n) is 7.07. The van der Waals surface area contributed by atoms with Crippen LogP contribution < -0.4 is 10.1 Å². The smallest absolute Gasteiger partial charge is 0.321 e. The zero-order chi connectivity index (χ0) is 14.1. The Hall–Kier alpha value is -1.23. The molecule has 106 valence electrons. The number of carbonyl (C=O) groups is 1. The van der Waals surface area contributed by atoms with Gasteiger partial charge in [0.25, 0.3) is 0 Å². The number of benzene rings is 1. The summed E-state index contributed by atoms with van der Waals surface area (Å²) >= 11 is 3.53. The monoisotopic (exact) mass is 336 g/mol. The lowest BCUT2D eigenvalue weighted by Crippen LogP contribution is -2.65. The number of carbonyl (C=O) groups excluding carboxylic acids is 1. The Morgan fingerprint density at radius 2 is 2.20 bits per heavy atom. The number of halogens is 1. The third kappa shape index (κ3) is 1.68. The van der Waals surface area contributed by atoms with Gasteiger partial charge in [-0.1, -0.05) is 15.9 Å². The zero-order valence-electron chi connectivity index (χ0n) is 11.6. The summed E-state index contributed by atoms with van der Waals surface area (Å²) in [5, 5.41) is 3.14. The molecule has 1 saturated heterocycles. The second-order valence-corrected chi connectivity index (χ2v) is 7.14. The SMILES string of the molecule is Cc1cc(Br)cc2c1OC1(C)CC2NC(=O)N1C1CC1. The van der Waals surface area contributed by atoms with Gasteiger partial charge < -0.3 is 10.1 Å². The minimum absolute atomic E-state index is 0.00882. The highest BCUT2D eigenvalue weighted by Gasteiger charge is 2.53. The van der Waals surface area contributed by atoms with Gasteiger partial charge in [-0.25, -0.2) is 4.79 Å². The van der Waals surface area contributed by atoms with Crippen molar-refractivity contribution in [2.45, 2.75) is 50.9 Å². The Kier molecular flexibility index (Phi) is 2.44. The summed E-state index contributed by atoms with van der Waals surface area (Å²) in [6.07, 6.45) is 2.98. The van der Waals surface area contributed by atoms with Crippen LogP contribution in [0.3, 0.4) is 0 Å². The number of ether oxygens (including phenoxy) is 1. The van der Waals surface area contributed by atoms with Crippen LogP contribution in [0.15, 0.2) is 16.6 Å². The topological polar surface area (TPSA) is 41.6 Å². The van der Waals surface area contributed by atoms with Crippen LogP contribution in [0, 0.1) is 6.92 Å². The van der Waals surface area contributed by atoms with Crippen molar-refractivity contribution in [3.63, 3.8) is 0 Å². The minimum Gasteiger partial charge on any atom is -0.467 e. The van der Waals surface area contributed by atoms with Crippen molar-refractivity contribution in [1.82, 2.24) is 10.2 Å². The molecule has 2 heterocycles. The molecule has 1 aliphatic carbocycles. The molecule has 0 aromatic heterocycles. The van der Waals surface area contributed by atoms with Crippen LogP contribution >= 0.6 is 15.9 Å². The average Bonchev–Trinajstić information content (AvgIpc) is 3.14. The second-order valence-electron chi connectivity index (χ2n) is 6.23. The van der Waals surface area contributed by atoms with E-state index in [2.05, 4.69) is 40.3 Å². The highest BCUT2D eigenvalue weighted by atomic mass is 79.9. The summed E-state index contributed by atoms with van der Waals surface area (Å²) in [5.41, 5.74) is 1.68. The number of nitrogens with zero attached hydrogens (tertiary/aromatic N) is 1. The van der Waals surface area contributed by atoms with E-state index in [4.69, 9.17) is 4.74 Å². The summed E-state index contributed by atoms with van der Waals surface area (Å²) in [7, 11) is 0. The number of hydrogen-bond donors (Lipinski definition) is 1. The van der Waals surface area contributed by atoms with E-state index >= 15 is 0 Å². The number of hydrogen-bond acceptors (Lipinski definition) is 2. The van der Waals surface area contributed by atoms with Crippen LogP contribution in [0.4, 0.5) is 4.79 Å².